The molecule has 0 radical (unpaired) electrons. The van der Waals surface area contributed by atoms with Crippen LogP contribution in [0.3, 0.4) is 0 Å². The van der Waals surface area contributed by atoms with Crippen LogP contribution >= 0.6 is 23.1 Å². The van der Waals surface area contributed by atoms with Crippen LogP contribution in [0.4, 0.5) is 4.79 Å². The molecule has 4 aromatic rings. The molecule has 9 nitrogen and oxygen atoms in total. The zero-order chi connectivity index (χ0) is 32.2. The Kier molecular flexibility index (Phi) is 10.2. The summed E-state index contributed by atoms with van der Waals surface area (Å²) >= 11 is 7.32. The number of rotatable bonds is 10. The molecule has 2 aromatic carbocycles. The van der Waals surface area contributed by atoms with Gasteiger partial charge < -0.3 is 15.0 Å². The van der Waals surface area contributed by atoms with Crippen molar-refractivity contribution in [1.82, 2.24) is 24.1 Å². The fourth-order valence-corrected chi connectivity index (χ4v) is 5.90. The topological polar surface area (TPSA) is 106 Å². The van der Waals surface area contributed by atoms with Crippen LogP contribution in [0.5, 0.6) is 0 Å². The molecule has 0 fully saturated rings. The third kappa shape index (κ3) is 8.04. The third-order valence-electron chi connectivity index (χ3n) is 7.21. The fourth-order valence-electron chi connectivity index (χ4n) is 5.00. The second kappa shape index (κ2) is 13.5. The molecule has 1 unspecified atom stereocenters. The van der Waals surface area contributed by atoms with Crippen molar-refractivity contribution in [2.45, 2.75) is 85.0 Å². The number of halogens is 1. The first kappa shape index (κ1) is 33.1. The number of benzene rings is 2. The normalized spacial score (nSPS) is 12.6. The van der Waals surface area contributed by atoms with Crippen molar-refractivity contribution in [3.8, 4) is 0 Å². The van der Waals surface area contributed by atoms with Crippen LogP contribution in [0.15, 0.2) is 59.4 Å². The SMILES string of the molecule is CCC(c1nc2snc(C)c2c(=O)n1Cc1ccccc1)N(CCC(C)(C)NC(=O)OC(C)(C)C)C(=O)c1ccc(Cl)cc1. The number of nitrogens with zero attached hydrogens (tertiary/aromatic N) is 4. The van der Waals surface area contributed by atoms with Gasteiger partial charge in [-0.2, -0.15) is 4.37 Å². The molecule has 0 bridgehead atoms. The van der Waals surface area contributed by atoms with Crippen molar-refractivity contribution in [3.63, 3.8) is 0 Å². The van der Waals surface area contributed by atoms with E-state index in [4.69, 9.17) is 21.3 Å². The number of hydrogen-bond acceptors (Lipinski definition) is 7. The van der Waals surface area contributed by atoms with Crippen LogP contribution in [0.25, 0.3) is 10.2 Å². The molecule has 2 aromatic heterocycles. The Morgan fingerprint density at radius 2 is 1.73 bits per heavy atom. The van der Waals surface area contributed by atoms with Gasteiger partial charge in [-0.05, 0) is 95.7 Å². The summed E-state index contributed by atoms with van der Waals surface area (Å²) in [5, 5.41) is 3.95. The van der Waals surface area contributed by atoms with Gasteiger partial charge in [-0.25, -0.2) is 9.78 Å². The largest absolute Gasteiger partial charge is 0.444 e. The van der Waals surface area contributed by atoms with Crippen LogP contribution in [-0.4, -0.2) is 48.5 Å². The third-order valence-corrected chi connectivity index (χ3v) is 8.30. The molecular formula is C33H40ClN5O4S. The summed E-state index contributed by atoms with van der Waals surface area (Å²) in [6, 6.07) is 15.9. The monoisotopic (exact) mass is 637 g/mol. The van der Waals surface area contributed by atoms with Crippen molar-refractivity contribution in [3.05, 3.63) is 92.6 Å². The predicted octanol–water partition coefficient (Wildman–Crippen LogP) is 7.15. The highest BCUT2D eigenvalue weighted by atomic mass is 35.5. The molecule has 0 aliphatic heterocycles. The minimum Gasteiger partial charge on any atom is -0.444 e. The number of alkyl carbamates (subject to hydrolysis) is 1. The number of fused-ring (bicyclic) bond motifs is 1. The van der Waals surface area contributed by atoms with E-state index >= 15 is 0 Å². The molecule has 4 rings (SSSR count). The van der Waals surface area contributed by atoms with E-state index in [2.05, 4.69) is 9.69 Å². The summed E-state index contributed by atoms with van der Waals surface area (Å²) in [5.74, 6) is 0.250. The number of nitrogens with one attached hydrogen (secondary N) is 1. The van der Waals surface area contributed by atoms with Gasteiger partial charge in [0.1, 0.15) is 11.4 Å². The van der Waals surface area contributed by atoms with Crippen LogP contribution in [0.1, 0.15) is 87.9 Å². The van der Waals surface area contributed by atoms with Crippen molar-refractivity contribution < 1.29 is 14.3 Å². The Balaban J connectivity index is 1.79. The summed E-state index contributed by atoms with van der Waals surface area (Å²) in [6.07, 6.45) is 0.367. The lowest BCUT2D eigenvalue weighted by Gasteiger charge is -2.35. The van der Waals surface area contributed by atoms with E-state index in [9.17, 15) is 14.4 Å². The average molecular weight is 638 g/mol. The van der Waals surface area contributed by atoms with Crippen LogP contribution in [-0.2, 0) is 11.3 Å². The lowest BCUT2D eigenvalue weighted by atomic mass is 9.99. The summed E-state index contributed by atoms with van der Waals surface area (Å²) in [5.41, 5.74) is 0.474. The zero-order valence-electron chi connectivity index (χ0n) is 26.3. The fraction of sp³-hybridized carbons (Fsp3) is 0.424. The second-order valence-electron chi connectivity index (χ2n) is 12.5. The summed E-state index contributed by atoms with van der Waals surface area (Å²) in [6.45, 7) is 13.5. The van der Waals surface area contributed by atoms with Crippen LogP contribution in [0, 0.1) is 6.92 Å². The molecular weight excluding hydrogens is 598 g/mol. The Morgan fingerprint density at radius 3 is 2.34 bits per heavy atom. The zero-order valence-corrected chi connectivity index (χ0v) is 27.9. The van der Waals surface area contributed by atoms with E-state index in [1.165, 1.54) is 11.5 Å². The Hall–Kier alpha value is -3.76. The highest BCUT2D eigenvalue weighted by molar-refractivity contribution is 7.12. The quantitative estimate of drug-likeness (QED) is 0.198. The molecule has 1 N–H and O–H groups in total. The van der Waals surface area contributed by atoms with E-state index in [0.717, 1.165) is 5.56 Å². The maximum absolute atomic E-state index is 14.2. The van der Waals surface area contributed by atoms with Crippen molar-refractivity contribution in [2.75, 3.05) is 6.54 Å². The van der Waals surface area contributed by atoms with Gasteiger partial charge >= 0.3 is 6.09 Å². The van der Waals surface area contributed by atoms with Crippen molar-refractivity contribution in [1.29, 1.82) is 0 Å². The molecule has 0 aliphatic rings. The van der Waals surface area contributed by atoms with Gasteiger partial charge in [0.25, 0.3) is 11.5 Å². The molecule has 234 valence electrons. The van der Waals surface area contributed by atoms with E-state index in [1.54, 1.807) is 54.5 Å². The number of carbonyl (C=O) groups excluding carboxylic acids is 2. The molecule has 0 spiro atoms. The molecule has 44 heavy (non-hydrogen) atoms. The van der Waals surface area contributed by atoms with E-state index < -0.39 is 23.3 Å². The van der Waals surface area contributed by atoms with E-state index in [0.29, 0.717) is 51.7 Å². The molecule has 0 aliphatic carbocycles. The lowest BCUT2D eigenvalue weighted by Crippen LogP contribution is -2.48. The minimum atomic E-state index is -0.713. The maximum Gasteiger partial charge on any atom is 0.408 e. The number of ether oxygens (including phenoxy) is 1. The number of carbonyl (C=O) groups is 2. The minimum absolute atomic E-state index is 0.190. The van der Waals surface area contributed by atoms with Gasteiger partial charge in [0.2, 0.25) is 0 Å². The highest BCUT2D eigenvalue weighted by Crippen LogP contribution is 2.29. The molecule has 11 heteroatoms. The van der Waals surface area contributed by atoms with E-state index in [-0.39, 0.29) is 18.0 Å². The van der Waals surface area contributed by atoms with Gasteiger partial charge in [-0.1, -0.05) is 48.9 Å². The summed E-state index contributed by atoms with van der Waals surface area (Å²) in [4.78, 5) is 48.1. The summed E-state index contributed by atoms with van der Waals surface area (Å²) in [7, 11) is 0. The molecule has 0 saturated heterocycles. The first-order chi connectivity index (χ1) is 20.7. The second-order valence-corrected chi connectivity index (χ2v) is 13.7. The van der Waals surface area contributed by atoms with Crippen LogP contribution in [0.2, 0.25) is 5.02 Å². The first-order valence-electron chi connectivity index (χ1n) is 14.7. The molecule has 2 heterocycles. The smallest absolute Gasteiger partial charge is 0.408 e. The van der Waals surface area contributed by atoms with Gasteiger partial charge in [-0.15, -0.1) is 0 Å². The van der Waals surface area contributed by atoms with Crippen molar-refractivity contribution >= 4 is 45.4 Å². The Morgan fingerprint density at radius 1 is 1.07 bits per heavy atom. The molecule has 1 atom stereocenters. The molecule has 0 saturated carbocycles. The number of aromatic nitrogens is 3. The van der Waals surface area contributed by atoms with Gasteiger partial charge in [0.05, 0.1) is 23.7 Å². The lowest BCUT2D eigenvalue weighted by molar-refractivity contribution is 0.0453. The number of hydrogen-bond donors (Lipinski definition) is 1. The van der Waals surface area contributed by atoms with Gasteiger partial charge in [0, 0.05) is 22.7 Å². The Bertz CT molecular complexity index is 1680. The summed E-state index contributed by atoms with van der Waals surface area (Å²) < 4.78 is 11.6. The number of aryl methyl sites for hydroxylation is 1. The van der Waals surface area contributed by atoms with E-state index in [1.807, 2.05) is 58.0 Å². The standard InChI is InChI=1S/C33H40ClN5O4S/c1-8-25(27-35-28-26(21(2)37-44-28)30(41)39(27)20-22-12-10-9-11-13-22)38(29(40)23-14-16-24(34)17-15-23)19-18-33(6,7)36-31(42)43-32(3,4)5/h9-17,25H,8,18-20H2,1-7H3,(H,36,42). The highest BCUT2D eigenvalue weighted by Gasteiger charge is 2.33. The maximum atomic E-state index is 14.2. The van der Waals surface area contributed by atoms with Gasteiger partial charge in [0.15, 0.2) is 4.83 Å². The number of amides is 2. The van der Waals surface area contributed by atoms with Gasteiger partial charge in [-0.3, -0.25) is 14.2 Å². The van der Waals surface area contributed by atoms with Crippen molar-refractivity contribution in [2.24, 2.45) is 0 Å². The Labute approximate surface area is 267 Å². The van der Waals surface area contributed by atoms with Crippen LogP contribution < -0.4 is 10.9 Å². The average Bonchev–Trinajstić information content (AvgIpc) is 3.32. The predicted molar refractivity (Wildman–Crippen MR) is 176 cm³/mol. The molecule has 2 amide bonds. The first-order valence-corrected chi connectivity index (χ1v) is 15.8.